The summed E-state index contributed by atoms with van der Waals surface area (Å²) in [5.41, 5.74) is 1.10. The van der Waals surface area contributed by atoms with Gasteiger partial charge in [-0.1, -0.05) is 30.3 Å². The van der Waals surface area contributed by atoms with Crippen molar-refractivity contribution in [2.45, 2.75) is 12.2 Å². The van der Waals surface area contributed by atoms with Gasteiger partial charge in [0, 0.05) is 5.75 Å². The molecule has 66 valence electrons. The summed E-state index contributed by atoms with van der Waals surface area (Å²) in [6.07, 6.45) is -2.20. The van der Waals surface area contributed by atoms with Crippen LogP contribution in [0.15, 0.2) is 30.3 Å². The summed E-state index contributed by atoms with van der Waals surface area (Å²) >= 11 is 1.26. The maximum Gasteiger partial charge on any atom is 0.247 e. The summed E-state index contributed by atoms with van der Waals surface area (Å²) in [5.74, 6) is 0.597. The summed E-state index contributed by atoms with van der Waals surface area (Å²) in [5, 5.41) is 0. The molecule has 0 bridgehead atoms. The number of hydrogen-bond donors (Lipinski definition) is 0. The van der Waals surface area contributed by atoms with Crippen LogP contribution in [-0.4, -0.2) is 12.2 Å². The summed E-state index contributed by atoms with van der Waals surface area (Å²) in [4.78, 5) is 0. The maximum atomic E-state index is 11.7. The zero-order valence-electron chi connectivity index (χ0n) is 6.54. The SMILES string of the molecule is FC(F)CSCc1ccccc1. The van der Waals surface area contributed by atoms with E-state index >= 15 is 0 Å². The number of thioether (sulfide) groups is 1. The van der Waals surface area contributed by atoms with Crippen molar-refractivity contribution in [3.8, 4) is 0 Å². The molecular formula is C9H10F2S. The van der Waals surface area contributed by atoms with Gasteiger partial charge in [-0.25, -0.2) is 8.78 Å². The molecular weight excluding hydrogens is 178 g/mol. The van der Waals surface area contributed by atoms with Crippen LogP contribution in [0.1, 0.15) is 5.56 Å². The van der Waals surface area contributed by atoms with E-state index in [1.807, 2.05) is 30.3 Å². The zero-order valence-corrected chi connectivity index (χ0v) is 7.36. The molecule has 0 amide bonds. The van der Waals surface area contributed by atoms with Crippen LogP contribution in [0.5, 0.6) is 0 Å². The summed E-state index contributed by atoms with van der Waals surface area (Å²) in [6, 6.07) is 9.63. The number of hydrogen-bond acceptors (Lipinski definition) is 1. The number of halogens is 2. The molecule has 0 nitrogen and oxygen atoms in total. The van der Waals surface area contributed by atoms with Gasteiger partial charge in [0.15, 0.2) is 0 Å². The van der Waals surface area contributed by atoms with Gasteiger partial charge in [0.1, 0.15) is 0 Å². The molecule has 0 fully saturated rings. The second kappa shape index (κ2) is 5.14. The Balaban J connectivity index is 2.25. The Bertz CT molecular complexity index is 211. The standard InChI is InChI=1S/C9H10F2S/c10-9(11)7-12-6-8-4-2-1-3-5-8/h1-5,9H,6-7H2. The molecule has 0 saturated heterocycles. The van der Waals surface area contributed by atoms with Crippen LogP contribution in [-0.2, 0) is 5.75 Å². The Labute approximate surface area is 75.0 Å². The van der Waals surface area contributed by atoms with Crippen molar-refractivity contribution in [3.05, 3.63) is 35.9 Å². The molecule has 1 rings (SSSR count). The van der Waals surface area contributed by atoms with Gasteiger partial charge in [0.2, 0.25) is 6.43 Å². The van der Waals surface area contributed by atoms with Crippen LogP contribution < -0.4 is 0 Å². The topological polar surface area (TPSA) is 0 Å². The van der Waals surface area contributed by atoms with Gasteiger partial charge >= 0.3 is 0 Å². The average molecular weight is 188 g/mol. The van der Waals surface area contributed by atoms with Crippen molar-refractivity contribution in [1.29, 1.82) is 0 Å². The normalized spacial score (nSPS) is 10.6. The molecule has 0 heterocycles. The van der Waals surface area contributed by atoms with E-state index < -0.39 is 6.43 Å². The van der Waals surface area contributed by atoms with Crippen LogP contribution in [0.3, 0.4) is 0 Å². The van der Waals surface area contributed by atoms with E-state index in [1.54, 1.807) is 0 Å². The highest BCUT2D eigenvalue weighted by atomic mass is 32.2. The highest BCUT2D eigenvalue weighted by Crippen LogP contribution is 2.13. The van der Waals surface area contributed by atoms with E-state index in [0.717, 1.165) is 5.56 Å². The molecule has 12 heavy (non-hydrogen) atoms. The van der Waals surface area contributed by atoms with E-state index in [9.17, 15) is 8.78 Å². The molecule has 0 aliphatic heterocycles. The van der Waals surface area contributed by atoms with Crippen molar-refractivity contribution in [2.75, 3.05) is 5.75 Å². The number of rotatable bonds is 4. The highest BCUT2D eigenvalue weighted by molar-refractivity contribution is 7.98. The minimum absolute atomic E-state index is 0.0745. The minimum atomic E-state index is -2.20. The molecule has 1 aromatic rings. The van der Waals surface area contributed by atoms with E-state index in [0.29, 0.717) is 5.75 Å². The largest absolute Gasteiger partial charge is 0.247 e. The van der Waals surface area contributed by atoms with Gasteiger partial charge in [0.05, 0.1) is 5.75 Å². The predicted molar refractivity (Wildman–Crippen MR) is 48.6 cm³/mol. The second-order valence-electron chi connectivity index (χ2n) is 2.39. The first-order chi connectivity index (χ1) is 5.79. The summed E-state index contributed by atoms with van der Waals surface area (Å²) < 4.78 is 23.4. The van der Waals surface area contributed by atoms with Crippen LogP contribution >= 0.6 is 11.8 Å². The Hall–Kier alpha value is -0.570. The lowest BCUT2D eigenvalue weighted by Gasteiger charge is -1.99. The lowest BCUT2D eigenvalue weighted by Crippen LogP contribution is -1.94. The van der Waals surface area contributed by atoms with Crippen molar-refractivity contribution < 1.29 is 8.78 Å². The van der Waals surface area contributed by atoms with E-state index in [1.165, 1.54) is 11.8 Å². The average Bonchev–Trinajstić information content (AvgIpc) is 2.05. The molecule has 0 unspecified atom stereocenters. The Morgan fingerprint density at radius 3 is 2.42 bits per heavy atom. The smallest absolute Gasteiger partial charge is 0.210 e. The first kappa shape index (κ1) is 9.52. The first-order valence-corrected chi connectivity index (χ1v) is 4.84. The fraction of sp³-hybridized carbons (Fsp3) is 0.333. The molecule has 0 aromatic heterocycles. The van der Waals surface area contributed by atoms with Crippen molar-refractivity contribution >= 4 is 11.8 Å². The third-order valence-electron chi connectivity index (χ3n) is 1.36. The van der Waals surface area contributed by atoms with Gasteiger partial charge in [-0.3, -0.25) is 0 Å². The van der Waals surface area contributed by atoms with Crippen LogP contribution in [0.25, 0.3) is 0 Å². The van der Waals surface area contributed by atoms with E-state index in [2.05, 4.69) is 0 Å². The molecule has 0 aliphatic carbocycles. The maximum absolute atomic E-state index is 11.7. The zero-order chi connectivity index (χ0) is 8.81. The van der Waals surface area contributed by atoms with Gasteiger partial charge in [-0.05, 0) is 5.56 Å². The van der Waals surface area contributed by atoms with Gasteiger partial charge in [-0.15, -0.1) is 0 Å². The lowest BCUT2D eigenvalue weighted by atomic mass is 10.2. The minimum Gasteiger partial charge on any atom is -0.210 e. The van der Waals surface area contributed by atoms with E-state index in [4.69, 9.17) is 0 Å². The molecule has 0 aliphatic rings. The third kappa shape index (κ3) is 3.72. The Kier molecular flexibility index (Phi) is 4.08. The van der Waals surface area contributed by atoms with Crippen molar-refractivity contribution in [3.63, 3.8) is 0 Å². The molecule has 3 heteroatoms. The van der Waals surface area contributed by atoms with Crippen LogP contribution in [0, 0.1) is 0 Å². The lowest BCUT2D eigenvalue weighted by molar-refractivity contribution is 0.177. The van der Waals surface area contributed by atoms with E-state index in [-0.39, 0.29) is 5.75 Å². The quantitative estimate of drug-likeness (QED) is 0.699. The molecule has 0 N–H and O–H groups in total. The van der Waals surface area contributed by atoms with Crippen molar-refractivity contribution in [1.82, 2.24) is 0 Å². The molecule has 0 atom stereocenters. The fourth-order valence-electron chi connectivity index (χ4n) is 0.840. The van der Waals surface area contributed by atoms with Crippen LogP contribution in [0.2, 0.25) is 0 Å². The highest BCUT2D eigenvalue weighted by Gasteiger charge is 2.01. The molecule has 0 spiro atoms. The fourth-order valence-corrected chi connectivity index (χ4v) is 1.56. The van der Waals surface area contributed by atoms with Gasteiger partial charge in [-0.2, -0.15) is 11.8 Å². The molecule has 0 radical (unpaired) electrons. The van der Waals surface area contributed by atoms with Crippen molar-refractivity contribution in [2.24, 2.45) is 0 Å². The van der Waals surface area contributed by atoms with Gasteiger partial charge < -0.3 is 0 Å². The summed E-state index contributed by atoms with van der Waals surface area (Å²) in [7, 11) is 0. The Morgan fingerprint density at radius 2 is 1.83 bits per heavy atom. The second-order valence-corrected chi connectivity index (χ2v) is 3.42. The third-order valence-corrected chi connectivity index (χ3v) is 2.38. The molecule has 0 saturated carbocycles. The number of benzene rings is 1. The predicted octanol–water partition coefficient (Wildman–Crippen LogP) is 3.18. The van der Waals surface area contributed by atoms with Crippen LogP contribution in [0.4, 0.5) is 8.78 Å². The first-order valence-electron chi connectivity index (χ1n) is 3.69. The Morgan fingerprint density at radius 1 is 1.17 bits per heavy atom. The monoisotopic (exact) mass is 188 g/mol. The molecule has 1 aromatic carbocycles. The summed E-state index contributed by atoms with van der Waals surface area (Å²) in [6.45, 7) is 0. The van der Waals surface area contributed by atoms with Gasteiger partial charge in [0.25, 0.3) is 0 Å². The number of alkyl halides is 2.